The molecule has 9 heteroatoms. The summed E-state index contributed by atoms with van der Waals surface area (Å²) in [5.74, 6) is -0.761. The molecule has 0 bridgehead atoms. The van der Waals surface area contributed by atoms with Crippen molar-refractivity contribution < 1.29 is 9.72 Å². The van der Waals surface area contributed by atoms with Gasteiger partial charge in [-0.1, -0.05) is 29.8 Å². The van der Waals surface area contributed by atoms with E-state index in [0.29, 0.717) is 16.4 Å². The van der Waals surface area contributed by atoms with Gasteiger partial charge in [0.1, 0.15) is 5.69 Å². The highest BCUT2D eigenvalue weighted by Gasteiger charge is 2.20. The quantitative estimate of drug-likeness (QED) is 0.533. The van der Waals surface area contributed by atoms with E-state index in [1.807, 2.05) is 6.92 Å². The maximum absolute atomic E-state index is 12.6. The Labute approximate surface area is 164 Å². The van der Waals surface area contributed by atoms with E-state index in [1.165, 1.54) is 28.9 Å². The molecule has 0 radical (unpaired) electrons. The van der Waals surface area contributed by atoms with E-state index in [4.69, 9.17) is 11.6 Å². The largest absolute Gasteiger partial charge is 0.319 e. The number of nitrogens with zero attached hydrogens (tertiary/aromatic N) is 3. The Morgan fingerprint density at radius 1 is 1.18 bits per heavy atom. The first-order valence-electron chi connectivity index (χ1n) is 8.20. The second-order valence-electron chi connectivity index (χ2n) is 6.09. The first-order valence-corrected chi connectivity index (χ1v) is 8.58. The zero-order valence-corrected chi connectivity index (χ0v) is 15.7. The molecule has 0 saturated heterocycles. The minimum atomic E-state index is -0.761. The molecule has 3 aromatic rings. The lowest BCUT2D eigenvalue weighted by Gasteiger charge is -2.12. The van der Waals surface area contributed by atoms with Gasteiger partial charge >= 0.3 is 0 Å². The number of hydrogen-bond acceptors (Lipinski definition) is 5. The van der Waals surface area contributed by atoms with Crippen LogP contribution in [0.15, 0.2) is 53.3 Å². The van der Waals surface area contributed by atoms with Crippen molar-refractivity contribution in [3.63, 3.8) is 0 Å². The average Bonchev–Trinajstić information content (AvgIpc) is 2.64. The third kappa shape index (κ3) is 3.77. The van der Waals surface area contributed by atoms with E-state index in [9.17, 15) is 19.7 Å². The van der Waals surface area contributed by atoms with E-state index in [0.717, 1.165) is 5.56 Å². The van der Waals surface area contributed by atoms with Crippen molar-refractivity contribution in [1.82, 2.24) is 9.78 Å². The van der Waals surface area contributed by atoms with Gasteiger partial charge in [-0.25, -0.2) is 4.68 Å². The summed E-state index contributed by atoms with van der Waals surface area (Å²) in [4.78, 5) is 35.7. The lowest BCUT2D eigenvalue weighted by atomic mass is 10.2. The molecule has 0 unspecified atom stereocenters. The molecule has 1 amide bonds. The van der Waals surface area contributed by atoms with Crippen LogP contribution in [-0.2, 0) is 0 Å². The molecule has 0 atom stereocenters. The number of anilines is 1. The summed E-state index contributed by atoms with van der Waals surface area (Å²) in [7, 11) is 0. The Bertz CT molecular complexity index is 1160. The Morgan fingerprint density at radius 3 is 2.57 bits per heavy atom. The van der Waals surface area contributed by atoms with Gasteiger partial charge in [0.05, 0.1) is 15.6 Å². The zero-order valence-electron chi connectivity index (χ0n) is 15.0. The summed E-state index contributed by atoms with van der Waals surface area (Å²) in [6.45, 7) is 3.42. The molecule has 0 fully saturated rings. The van der Waals surface area contributed by atoms with Crippen LogP contribution in [0.3, 0.4) is 0 Å². The Balaban J connectivity index is 2.06. The minimum Gasteiger partial charge on any atom is -0.319 e. The molecule has 142 valence electrons. The minimum absolute atomic E-state index is 0.146. The average molecular weight is 399 g/mol. The highest BCUT2D eigenvalue weighted by molar-refractivity contribution is 6.34. The molecule has 0 spiro atoms. The Hall–Kier alpha value is -3.52. The summed E-state index contributed by atoms with van der Waals surface area (Å²) in [5.41, 5.74) is 0.534. The van der Waals surface area contributed by atoms with Gasteiger partial charge < -0.3 is 5.32 Å². The molecule has 0 aliphatic carbocycles. The number of amides is 1. The molecule has 3 rings (SSSR count). The number of aryl methyl sites for hydroxylation is 2. The molecule has 1 N–H and O–H groups in total. The van der Waals surface area contributed by atoms with Crippen LogP contribution in [-0.4, -0.2) is 20.6 Å². The topological polar surface area (TPSA) is 107 Å². The van der Waals surface area contributed by atoms with Crippen LogP contribution in [0.1, 0.15) is 21.7 Å². The van der Waals surface area contributed by atoms with Crippen LogP contribution in [0, 0.1) is 24.0 Å². The van der Waals surface area contributed by atoms with Crippen molar-refractivity contribution in [3.05, 3.63) is 90.8 Å². The van der Waals surface area contributed by atoms with Crippen LogP contribution in [0.5, 0.6) is 0 Å². The maximum Gasteiger partial charge on any atom is 0.294 e. The fourth-order valence-corrected chi connectivity index (χ4v) is 2.93. The Morgan fingerprint density at radius 2 is 1.89 bits per heavy atom. The number of aromatic nitrogens is 2. The van der Waals surface area contributed by atoms with Crippen LogP contribution in [0.2, 0.25) is 5.02 Å². The predicted octanol–water partition coefficient (Wildman–Crippen LogP) is 3.66. The summed E-state index contributed by atoms with van der Waals surface area (Å²) >= 11 is 6.12. The van der Waals surface area contributed by atoms with Gasteiger partial charge in [-0.15, -0.1) is 0 Å². The Kier molecular flexibility index (Phi) is 5.23. The fraction of sp³-hybridized carbons (Fsp3) is 0.105. The number of benzene rings is 2. The van der Waals surface area contributed by atoms with E-state index in [1.54, 1.807) is 31.2 Å². The van der Waals surface area contributed by atoms with Gasteiger partial charge in [-0.05, 0) is 37.6 Å². The first-order chi connectivity index (χ1) is 13.3. The molecule has 0 aliphatic heterocycles. The smallest absolute Gasteiger partial charge is 0.294 e. The van der Waals surface area contributed by atoms with Crippen molar-refractivity contribution in [1.29, 1.82) is 0 Å². The van der Waals surface area contributed by atoms with Gasteiger partial charge in [-0.2, -0.15) is 5.10 Å². The number of nitro benzene ring substituents is 1. The van der Waals surface area contributed by atoms with Crippen molar-refractivity contribution in [3.8, 4) is 5.69 Å². The first kappa shape index (κ1) is 19.2. The van der Waals surface area contributed by atoms with Crippen molar-refractivity contribution in [2.24, 2.45) is 0 Å². The molecule has 0 saturated carbocycles. The lowest BCUT2D eigenvalue weighted by molar-refractivity contribution is -0.384. The van der Waals surface area contributed by atoms with Gasteiger partial charge in [0.2, 0.25) is 5.43 Å². The summed E-state index contributed by atoms with van der Waals surface area (Å²) < 4.78 is 1.20. The maximum atomic E-state index is 12.6. The summed E-state index contributed by atoms with van der Waals surface area (Å²) in [5, 5.41) is 18.2. The van der Waals surface area contributed by atoms with Gasteiger partial charge in [0, 0.05) is 17.8 Å². The number of nitro groups is 1. The van der Waals surface area contributed by atoms with E-state index in [2.05, 4.69) is 10.4 Å². The fourth-order valence-electron chi connectivity index (χ4n) is 2.65. The number of hydrogen-bond donors (Lipinski definition) is 1. The molecule has 8 nitrogen and oxygen atoms in total. The van der Waals surface area contributed by atoms with Gasteiger partial charge in [0.15, 0.2) is 5.69 Å². The number of rotatable bonds is 4. The van der Waals surface area contributed by atoms with E-state index in [-0.39, 0.29) is 11.4 Å². The monoisotopic (exact) mass is 398 g/mol. The molecular weight excluding hydrogens is 384 g/mol. The summed E-state index contributed by atoms with van der Waals surface area (Å²) in [6, 6.07) is 12.2. The molecule has 1 aromatic heterocycles. The number of carbonyl (C=O) groups is 1. The predicted molar refractivity (Wildman–Crippen MR) is 105 cm³/mol. The number of carbonyl (C=O) groups excluding carboxylic acids is 1. The van der Waals surface area contributed by atoms with Crippen LogP contribution in [0.4, 0.5) is 11.4 Å². The van der Waals surface area contributed by atoms with E-state index >= 15 is 0 Å². The standard InChI is InChI=1S/C19H15ClN4O4/c1-11-7-8-14(13(20)9-11)21-19(26)18-17(25)10-12(2)23(22-18)15-5-3-4-6-16(15)24(27)28/h3-10H,1-2H3,(H,21,26). The zero-order chi connectivity index (χ0) is 20.4. The van der Waals surface area contributed by atoms with Gasteiger partial charge in [-0.3, -0.25) is 19.7 Å². The third-order valence-corrected chi connectivity index (χ3v) is 4.31. The van der Waals surface area contributed by atoms with Crippen LogP contribution in [0.25, 0.3) is 5.69 Å². The number of nitrogens with one attached hydrogen (secondary N) is 1. The normalized spacial score (nSPS) is 10.5. The van der Waals surface area contributed by atoms with E-state index < -0.39 is 22.0 Å². The molecule has 0 aliphatic rings. The molecular formula is C19H15ClN4O4. The second kappa shape index (κ2) is 7.61. The number of halogens is 1. The third-order valence-electron chi connectivity index (χ3n) is 4.00. The highest BCUT2D eigenvalue weighted by atomic mass is 35.5. The lowest BCUT2D eigenvalue weighted by Crippen LogP contribution is -2.27. The van der Waals surface area contributed by atoms with Crippen LogP contribution < -0.4 is 10.7 Å². The van der Waals surface area contributed by atoms with Crippen molar-refractivity contribution in [2.75, 3.05) is 5.32 Å². The highest BCUT2D eigenvalue weighted by Crippen LogP contribution is 2.24. The van der Waals surface area contributed by atoms with Crippen molar-refractivity contribution in [2.45, 2.75) is 13.8 Å². The number of para-hydroxylation sites is 2. The SMILES string of the molecule is Cc1ccc(NC(=O)c2nn(-c3ccccc3[N+](=O)[O-])c(C)cc2=O)c(Cl)c1. The molecule has 2 aromatic carbocycles. The van der Waals surface area contributed by atoms with Gasteiger partial charge in [0.25, 0.3) is 11.6 Å². The summed E-state index contributed by atoms with van der Waals surface area (Å²) in [6.07, 6.45) is 0. The molecule has 28 heavy (non-hydrogen) atoms. The van der Waals surface area contributed by atoms with Crippen LogP contribution >= 0.6 is 11.6 Å². The molecule has 1 heterocycles. The van der Waals surface area contributed by atoms with Crippen molar-refractivity contribution >= 4 is 28.9 Å². The second-order valence-corrected chi connectivity index (χ2v) is 6.50.